The highest BCUT2D eigenvalue weighted by atomic mass is 32.2. The van der Waals surface area contributed by atoms with Crippen molar-refractivity contribution in [1.29, 1.82) is 0 Å². The summed E-state index contributed by atoms with van der Waals surface area (Å²) in [5.41, 5.74) is 3.02. The lowest BCUT2D eigenvalue weighted by Crippen LogP contribution is -2.15. The van der Waals surface area contributed by atoms with Gasteiger partial charge in [0.15, 0.2) is 0 Å². The number of phenolic OH excluding ortho intramolecular Hbond substituents is 1. The van der Waals surface area contributed by atoms with Crippen LogP contribution in [0.25, 0.3) is 11.1 Å². The Labute approximate surface area is 147 Å². The van der Waals surface area contributed by atoms with Crippen molar-refractivity contribution in [2.45, 2.75) is 18.7 Å². The van der Waals surface area contributed by atoms with Crippen LogP contribution >= 0.6 is 0 Å². The van der Waals surface area contributed by atoms with Gasteiger partial charge in [-0.25, -0.2) is 8.42 Å². The van der Waals surface area contributed by atoms with Crippen LogP contribution in [0.4, 0.5) is 5.69 Å². The fourth-order valence-electron chi connectivity index (χ4n) is 2.70. The Morgan fingerprint density at radius 1 is 0.840 bits per heavy atom. The van der Waals surface area contributed by atoms with Gasteiger partial charge in [0.25, 0.3) is 10.0 Å². The van der Waals surface area contributed by atoms with Gasteiger partial charge in [0.1, 0.15) is 5.75 Å². The summed E-state index contributed by atoms with van der Waals surface area (Å²) < 4.78 is 28.5. The first-order valence-electron chi connectivity index (χ1n) is 7.86. The molecule has 0 radical (unpaired) electrons. The van der Waals surface area contributed by atoms with Crippen LogP contribution in [0.5, 0.6) is 5.75 Å². The second kappa shape index (κ2) is 6.61. The largest absolute Gasteiger partial charge is 0.507 e. The Kier molecular flexibility index (Phi) is 4.51. The fourth-order valence-corrected chi connectivity index (χ4v) is 4.06. The molecule has 0 atom stereocenters. The van der Waals surface area contributed by atoms with Crippen LogP contribution in [-0.2, 0) is 10.0 Å². The number of aryl methyl sites for hydroxylation is 1. The Bertz CT molecular complexity index is 1010. The zero-order valence-corrected chi connectivity index (χ0v) is 14.8. The average molecular weight is 353 g/mol. The van der Waals surface area contributed by atoms with E-state index in [-0.39, 0.29) is 10.6 Å². The fraction of sp³-hybridized carbons (Fsp3) is 0.100. The normalized spacial score (nSPS) is 11.3. The Balaban J connectivity index is 2.07. The van der Waals surface area contributed by atoms with Crippen LogP contribution in [0.3, 0.4) is 0 Å². The Hall–Kier alpha value is -2.79. The SMILES string of the molecule is Cc1ccc(NS(=O)(=O)c2ccccc2-c2ccccc2)c(C)c1O. The van der Waals surface area contributed by atoms with Crippen LogP contribution in [0.2, 0.25) is 0 Å². The minimum Gasteiger partial charge on any atom is -0.507 e. The molecule has 0 fully saturated rings. The molecule has 0 unspecified atom stereocenters. The van der Waals surface area contributed by atoms with E-state index in [9.17, 15) is 13.5 Å². The van der Waals surface area contributed by atoms with Gasteiger partial charge in [0.2, 0.25) is 0 Å². The third-order valence-corrected chi connectivity index (χ3v) is 5.56. The van der Waals surface area contributed by atoms with Crippen molar-refractivity contribution in [3.05, 3.63) is 77.9 Å². The lowest BCUT2D eigenvalue weighted by molar-refractivity contribution is 0.467. The lowest BCUT2D eigenvalue weighted by Gasteiger charge is -2.15. The van der Waals surface area contributed by atoms with Gasteiger partial charge in [-0.3, -0.25) is 4.72 Å². The molecule has 0 aliphatic rings. The van der Waals surface area contributed by atoms with Gasteiger partial charge in [-0.05, 0) is 37.1 Å². The number of benzene rings is 3. The number of sulfonamides is 1. The third-order valence-electron chi connectivity index (χ3n) is 4.14. The predicted octanol–water partition coefficient (Wildman–Crippen LogP) is 4.48. The molecule has 128 valence electrons. The molecule has 25 heavy (non-hydrogen) atoms. The number of aromatic hydroxyl groups is 1. The highest BCUT2D eigenvalue weighted by Gasteiger charge is 2.20. The van der Waals surface area contributed by atoms with Gasteiger partial charge in [-0.1, -0.05) is 54.6 Å². The summed E-state index contributed by atoms with van der Waals surface area (Å²) in [7, 11) is -3.81. The molecule has 0 aliphatic heterocycles. The molecule has 4 nitrogen and oxygen atoms in total. The zero-order valence-electron chi connectivity index (χ0n) is 14.0. The van der Waals surface area contributed by atoms with E-state index in [0.29, 0.717) is 22.4 Å². The topological polar surface area (TPSA) is 66.4 Å². The van der Waals surface area contributed by atoms with Crippen molar-refractivity contribution in [2.75, 3.05) is 4.72 Å². The summed E-state index contributed by atoms with van der Waals surface area (Å²) in [5, 5.41) is 10.1. The number of phenols is 1. The first-order chi connectivity index (χ1) is 11.9. The van der Waals surface area contributed by atoms with Crippen LogP contribution in [0.1, 0.15) is 11.1 Å². The summed E-state index contributed by atoms with van der Waals surface area (Å²) >= 11 is 0. The molecule has 0 aliphatic carbocycles. The van der Waals surface area contributed by atoms with Crippen LogP contribution in [0.15, 0.2) is 71.6 Å². The third kappa shape index (κ3) is 3.37. The molecular formula is C20H19NO3S. The van der Waals surface area contributed by atoms with E-state index in [2.05, 4.69) is 4.72 Å². The van der Waals surface area contributed by atoms with Gasteiger partial charge in [-0.15, -0.1) is 0 Å². The van der Waals surface area contributed by atoms with Gasteiger partial charge < -0.3 is 5.11 Å². The van der Waals surface area contributed by atoms with Gasteiger partial charge in [0, 0.05) is 11.1 Å². The molecule has 5 heteroatoms. The molecule has 3 rings (SSSR count). The van der Waals surface area contributed by atoms with Crippen LogP contribution < -0.4 is 4.72 Å². The maximum absolute atomic E-state index is 13.0. The molecule has 0 saturated heterocycles. The monoisotopic (exact) mass is 353 g/mol. The summed E-state index contributed by atoms with van der Waals surface area (Å²) in [5.74, 6) is 0.0940. The van der Waals surface area contributed by atoms with E-state index in [1.165, 1.54) is 0 Å². The highest BCUT2D eigenvalue weighted by molar-refractivity contribution is 7.92. The molecule has 0 heterocycles. The average Bonchev–Trinajstić information content (AvgIpc) is 2.63. The van der Waals surface area contributed by atoms with E-state index in [4.69, 9.17) is 0 Å². The first kappa shape index (κ1) is 17.0. The number of rotatable bonds is 4. The van der Waals surface area contributed by atoms with Crippen molar-refractivity contribution in [1.82, 2.24) is 0 Å². The lowest BCUT2D eigenvalue weighted by atomic mass is 10.1. The van der Waals surface area contributed by atoms with Crippen molar-refractivity contribution in [3.8, 4) is 16.9 Å². The van der Waals surface area contributed by atoms with Crippen LogP contribution in [-0.4, -0.2) is 13.5 Å². The maximum Gasteiger partial charge on any atom is 0.262 e. The number of anilines is 1. The van der Waals surface area contributed by atoms with Crippen molar-refractivity contribution in [3.63, 3.8) is 0 Å². The van der Waals surface area contributed by atoms with Gasteiger partial charge >= 0.3 is 0 Å². The molecule has 0 amide bonds. The summed E-state index contributed by atoms with van der Waals surface area (Å²) in [6.45, 7) is 3.45. The molecule has 3 aromatic carbocycles. The molecule has 0 spiro atoms. The van der Waals surface area contributed by atoms with E-state index >= 15 is 0 Å². The Morgan fingerprint density at radius 2 is 1.48 bits per heavy atom. The highest BCUT2D eigenvalue weighted by Crippen LogP contribution is 2.32. The summed E-state index contributed by atoms with van der Waals surface area (Å²) in [6, 6.07) is 19.6. The molecule has 0 bridgehead atoms. The van der Waals surface area contributed by atoms with E-state index in [1.54, 1.807) is 44.2 Å². The molecular weight excluding hydrogens is 334 g/mol. The van der Waals surface area contributed by atoms with Gasteiger partial charge in [0.05, 0.1) is 10.6 Å². The summed E-state index contributed by atoms with van der Waals surface area (Å²) in [4.78, 5) is 0.195. The maximum atomic E-state index is 13.0. The predicted molar refractivity (Wildman–Crippen MR) is 100 cm³/mol. The van der Waals surface area contributed by atoms with Crippen molar-refractivity contribution < 1.29 is 13.5 Å². The second-order valence-electron chi connectivity index (χ2n) is 5.87. The number of nitrogens with one attached hydrogen (secondary N) is 1. The molecule has 0 aromatic heterocycles. The quantitative estimate of drug-likeness (QED) is 0.727. The zero-order chi connectivity index (χ0) is 18.0. The van der Waals surface area contributed by atoms with E-state index < -0.39 is 10.0 Å². The number of hydrogen-bond donors (Lipinski definition) is 2. The number of hydrogen-bond acceptors (Lipinski definition) is 3. The smallest absolute Gasteiger partial charge is 0.262 e. The minimum atomic E-state index is -3.81. The first-order valence-corrected chi connectivity index (χ1v) is 9.35. The second-order valence-corrected chi connectivity index (χ2v) is 7.52. The van der Waals surface area contributed by atoms with E-state index in [1.807, 2.05) is 36.4 Å². The van der Waals surface area contributed by atoms with Crippen molar-refractivity contribution >= 4 is 15.7 Å². The van der Waals surface area contributed by atoms with Crippen molar-refractivity contribution in [2.24, 2.45) is 0 Å². The molecule has 0 saturated carbocycles. The van der Waals surface area contributed by atoms with E-state index in [0.717, 1.165) is 5.56 Å². The minimum absolute atomic E-state index is 0.0940. The summed E-state index contributed by atoms with van der Waals surface area (Å²) in [6.07, 6.45) is 0. The molecule has 2 N–H and O–H groups in total. The standard InChI is InChI=1S/C20H19NO3S/c1-14-12-13-18(15(2)20(14)22)21-25(23,24)19-11-7-6-10-17(19)16-8-4-3-5-9-16/h3-13,21-22H,1-2H3. The van der Waals surface area contributed by atoms with Crippen LogP contribution in [0, 0.1) is 13.8 Å². The molecule has 3 aromatic rings. The Morgan fingerprint density at radius 3 is 2.20 bits per heavy atom. The van der Waals surface area contributed by atoms with Gasteiger partial charge in [-0.2, -0.15) is 0 Å².